The molecule has 33 heavy (non-hydrogen) atoms. The Hall–Kier alpha value is -3.08. The number of imidazole rings is 1. The molecule has 0 bridgehead atoms. The summed E-state index contributed by atoms with van der Waals surface area (Å²) in [6.07, 6.45) is -0.820. The number of nitrogens with zero attached hydrogens (tertiary/aromatic N) is 5. The molecule has 7 nitrogen and oxygen atoms in total. The molecule has 174 valence electrons. The second-order valence-electron chi connectivity index (χ2n) is 7.78. The first-order valence-electron chi connectivity index (χ1n) is 10.3. The van der Waals surface area contributed by atoms with E-state index < -0.39 is 17.8 Å². The van der Waals surface area contributed by atoms with E-state index in [-0.39, 0.29) is 5.92 Å². The lowest BCUT2D eigenvalue weighted by Gasteiger charge is -2.29. The first kappa shape index (κ1) is 23.1. The predicted octanol–water partition coefficient (Wildman–Crippen LogP) is 5.14. The van der Waals surface area contributed by atoms with Crippen LogP contribution in [-0.2, 0) is 13.2 Å². The molecule has 1 aromatic carbocycles. The number of hydrogen-bond donors (Lipinski definition) is 1. The van der Waals surface area contributed by atoms with Crippen molar-refractivity contribution in [2.45, 2.75) is 30.1 Å². The molecule has 1 saturated heterocycles. The number of carboxylic acid groups (broad SMARTS) is 1. The standard InChI is InChI=1S/C22H22F3N5O2S/c1-29-18(14-4-3-5-15(12-14)22(23,24)25)17(16-6-9-26-20(27-16)33-2)28-19(29)13-7-10-30(11-8-13)21(31)32/h3-6,9,12-13H,7-8,10-11H2,1-2H3,(H,31,32). The van der Waals surface area contributed by atoms with Crippen molar-refractivity contribution in [3.8, 4) is 22.6 Å². The number of thioether (sulfide) groups is 1. The Morgan fingerprint density at radius 3 is 2.55 bits per heavy atom. The van der Waals surface area contributed by atoms with Gasteiger partial charge in [-0.25, -0.2) is 19.7 Å². The van der Waals surface area contributed by atoms with Crippen molar-refractivity contribution in [2.24, 2.45) is 7.05 Å². The third-order valence-corrected chi connectivity index (χ3v) is 6.34. The summed E-state index contributed by atoms with van der Waals surface area (Å²) in [6, 6.07) is 6.86. The molecule has 1 aliphatic heterocycles. The number of carbonyl (C=O) groups is 1. The summed E-state index contributed by atoms with van der Waals surface area (Å²) in [4.78, 5) is 26.2. The molecule has 11 heteroatoms. The maximum atomic E-state index is 13.4. The van der Waals surface area contributed by atoms with Crippen molar-refractivity contribution in [1.82, 2.24) is 24.4 Å². The molecule has 0 unspecified atom stereocenters. The highest BCUT2D eigenvalue weighted by Gasteiger charge is 2.32. The topological polar surface area (TPSA) is 84.1 Å². The van der Waals surface area contributed by atoms with Crippen molar-refractivity contribution < 1.29 is 23.1 Å². The van der Waals surface area contributed by atoms with Crippen LogP contribution in [0.1, 0.15) is 30.1 Å². The van der Waals surface area contributed by atoms with E-state index in [2.05, 4.69) is 9.97 Å². The maximum absolute atomic E-state index is 13.4. The van der Waals surface area contributed by atoms with Crippen LogP contribution in [0.5, 0.6) is 0 Å². The lowest BCUT2D eigenvalue weighted by molar-refractivity contribution is -0.137. The minimum atomic E-state index is -4.47. The molecule has 0 aliphatic carbocycles. The molecule has 1 fully saturated rings. The van der Waals surface area contributed by atoms with Crippen LogP contribution in [0.2, 0.25) is 0 Å². The fraction of sp³-hybridized carbons (Fsp3) is 0.364. The Kier molecular flexibility index (Phi) is 6.33. The number of alkyl halides is 3. The first-order chi connectivity index (χ1) is 15.7. The zero-order chi connectivity index (χ0) is 23.8. The number of aromatic nitrogens is 4. The number of piperidine rings is 1. The Bertz CT molecular complexity index is 1170. The second kappa shape index (κ2) is 9.05. The Morgan fingerprint density at radius 1 is 1.18 bits per heavy atom. The zero-order valence-corrected chi connectivity index (χ0v) is 18.8. The van der Waals surface area contributed by atoms with Crippen LogP contribution in [-0.4, -0.2) is 55.0 Å². The molecule has 4 rings (SSSR count). The van der Waals surface area contributed by atoms with Crippen LogP contribution in [0, 0.1) is 0 Å². The van der Waals surface area contributed by atoms with Crippen molar-refractivity contribution in [2.75, 3.05) is 19.3 Å². The summed E-state index contributed by atoms with van der Waals surface area (Å²) >= 11 is 1.36. The number of amides is 1. The van der Waals surface area contributed by atoms with E-state index in [0.29, 0.717) is 59.6 Å². The molecular formula is C22H22F3N5O2S. The van der Waals surface area contributed by atoms with Gasteiger partial charge in [-0.05, 0) is 37.3 Å². The Labute approximate surface area is 192 Å². The SMILES string of the molecule is CSc1nccc(-c2nc(C3CCN(C(=O)O)CC3)n(C)c2-c2cccc(C(F)(F)F)c2)n1. The molecule has 0 spiro atoms. The van der Waals surface area contributed by atoms with E-state index in [1.165, 1.54) is 22.7 Å². The highest BCUT2D eigenvalue weighted by molar-refractivity contribution is 7.98. The van der Waals surface area contributed by atoms with Crippen LogP contribution in [0.25, 0.3) is 22.6 Å². The molecule has 3 aromatic rings. The normalized spacial score (nSPS) is 15.1. The molecule has 1 N–H and O–H groups in total. The van der Waals surface area contributed by atoms with Gasteiger partial charge >= 0.3 is 12.3 Å². The summed E-state index contributed by atoms with van der Waals surface area (Å²) in [5.41, 5.74) is 1.17. The fourth-order valence-electron chi connectivity index (χ4n) is 4.13. The minimum Gasteiger partial charge on any atom is -0.465 e. The quantitative estimate of drug-likeness (QED) is 0.414. The van der Waals surface area contributed by atoms with Crippen LogP contribution in [0.4, 0.5) is 18.0 Å². The lowest BCUT2D eigenvalue weighted by atomic mass is 9.96. The molecule has 0 atom stereocenters. The van der Waals surface area contributed by atoms with E-state index in [1.807, 2.05) is 10.8 Å². The Balaban J connectivity index is 1.83. The molecular weight excluding hydrogens is 455 g/mol. The molecule has 0 saturated carbocycles. The third-order valence-electron chi connectivity index (χ3n) is 5.78. The summed E-state index contributed by atoms with van der Waals surface area (Å²) < 4.78 is 42.0. The largest absolute Gasteiger partial charge is 0.465 e. The minimum absolute atomic E-state index is 0.0224. The molecule has 2 aromatic heterocycles. The van der Waals surface area contributed by atoms with Crippen molar-refractivity contribution in [1.29, 1.82) is 0 Å². The van der Waals surface area contributed by atoms with Gasteiger partial charge in [-0.3, -0.25) is 0 Å². The molecule has 1 amide bonds. The summed E-state index contributed by atoms with van der Waals surface area (Å²) in [6.45, 7) is 0.760. The summed E-state index contributed by atoms with van der Waals surface area (Å²) in [5.74, 6) is 0.678. The van der Waals surface area contributed by atoms with Gasteiger partial charge in [-0.2, -0.15) is 13.2 Å². The number of benzene rings is 1. The van der Waals surface area contributed by atoms with Gasteiger partial charge in [0.1, 0.15) is 11.5 Å². The van der Waals surface area contributed by atoms with Gasteiger partial charge in [-0.15, -0.1) is 0 Å². The van der Waals surface area contributed by atoms with Gasteiger partial charge in [-0.1, -0.05) is 23.9 Å². The van der Waals surface area contributed by atoms with Crippen molar-refractivity contribution >= 4 is 17.9 Å². The highest BCUT2D eigenvalue weighted by atomic mass is 32.2. The van der Waals surface area contributed by atoms with Crippen LogP contribution >= 0.6 is 11.8 Å². The van der Waals surface area contributed by atoms with Gasteiger partial charge in [0.15, 0.2) is 5.16 Å². The lowest BCUT2D eigenvalue weighted by Crippen LogP contribution is -2.37. The number of hydrogen-bond acceptors (Lipinski definition) is 5. The third kappa shape index (κ3) is 4.68. The van der Waals surface area contributed by atoms with E-state index in [4.69, 9.17) is 4.98 Å². The number of halogens is 3. The fourth-order valence-corrected chi connectivity index (χ4v) is 4.49. The Morgan fingerprint density at radius 2 is 1.91 bits per heavy atom. The van der Waals surface area contributed by atoms with Gasteiger partial charge in [0, 0.05) is 37.8 Å². The van der Waals surface area contributed by atoms with Gasteiger partial charge in [0.2, 0.25) is 0 Å². The first-order valence-corrected chi connectivity index (χ1v) is 11.5. The van der Waals surface area contributed by atoms with E-state index in [1.54, 1.807) is 25.4 Å². The van der Waals surface area contributed by atoms with Crippen molar-refractivity contribution in [3.63, 3.8) is 0 Å². The number of likely N-dealkylation sites (tertiary alicyclic amines) is 1. The average molecular weight is 478 g/mol. The maximum Gasteiger partial charge on any atom is 0.416 e. The summed E-state index contributed by atoms with van der Waals surface area (Å²) in [5, 5.41) is 9.77. The van der Waals surface area contributed by atoms with E-state index in [9.17, 15) is 23.1 Å². The summed E-state index contributed by atoms with van der Waals surface area (Å²) in [7, 11) is 1.78. The van der Waals surface area contributed by atoms with Crippen molar-refractivity contribution in [3.05, 3.63) is 47.9 Å². The van der Waals surface area contributed by atoms with Gasteiger partial charge in [0.05, 0.1) is 17.0 Å². The van der Waals surface area contributed by atoms with Crippen LogP contribution in [0.15, 0.2) is 41.7 Å². The van der Waals surface area contributed by atoms with E-state index in [0.717, 1.165) is 12.1 Å². The molecule has 1 aliphatic rings. The monoisotopic (exact) mass is 477 g/mol. The van der Waals surface area contributed by atoms with Gasteiger partial charge in [0.25, 0.3) is 0 Å². The van der Waals surface area contributed by atoms with Crippen LogP contribution in [0.3, 0.4) is 0 Å². The second-order valence-corrected chi connectivity index (χ2v) is 8.55. The predicted molar refractivity (Wildman–Crippen MR) is 118 cm³/mol. The smallest absolute Gasteiger partial charge is 0.416 e. The molecule has 3 heterocycles. The average Bonchev–Trinajstić information content (AvgIpc) is 3.15. The van der Waals surface area contributed by atoms with Gasteiger partial charge < -0.3 is 14.6 Å². The molecule has 0 radical (unpaired) electrons. The van der Waals surface area contributed by atoms with E-state index >= 15 is 0 Å². The van der Waals surface area contributed by atoms with Crippen LogP contribution < -0.4 is 0 Å². The number of rotatable bonds is 4. The zero-order valence-electron chi connectivity index (χ0n) is 18.0. The highest BCUT2D eigenvalue weighted by Crippen LogP contribution is 2.38.